The van der Waals surface area contributed by atoms with E-state index in [-0.39, 0.29) is 11.5 Å². The molecular formula is C27H23N5O5. The average Bonchev–Trinajstić information content (AvgIpc) is 2.87. The Morgan fingerprint density at radius 2 is 1.62 bits per heavy atom. The molecule has 4 rings (SSSR count). The molecule has 1 unspecified atom stereocenters. The molecule has 0 saturated carbocycles. The second-order valence-corrected chi connectivity index (χ2v) is 8.35. The van der Waals surface area contributed by atoms with Crippen molar-refractivity contribution in [2.75, 3.05) is 10.2 Å². The number of hydrogen-bond acceptors (Lipinski definition) is 6. The fourth-order valence-electron chi connectivity index (χ4n) is 3.69. The van der Waals surface area contributed by atoms with Crippen LogP contribution in [0, 0.1) is 19.8 Å². The first-order chi connectivity index (χ1) is 17.7. The van der Waals surface area contributed by atoms with Gasteiger partial charge in [-0.15, -0.1) is 0 Å². The maximum atomic E-state index is 12.9. The Balaban J connectivity index is 1.39. The Kier molecular flexibility index (Phi) is 7.19. The van der Waals surface area contributed by atoms with Gasteiger partial charge in [0.15, 0.2) is 5.92 Å². The Bertz CT molecular complexity index is 1430. The Hall–Kier alpha value is -5.12. The van der Waals surface area contributed by atoms with E-state index in [9.17, 15) is 24.0 Å². The van der Waals surface area contributed by atoms with Crippen LogP contribution in [-0.2, 0) is 9.59 Å². The summed E-state index contributed by atoms with van der Waals surface area (Å²) >= 11 is 0. The van der Waals surface area contributed by atoms with Crippen LogP contribution in [0.3, 0.4) is 0 Å². The van der Waals surface area contributed by atoms with Crippen molar-refractivity contribution in [3.63, 3.8) is 0 Å². The number of barbiturate groups is 1. The molecule has 186 valence electrons. The standard InChI is InChI=1S/C27H23N5O5/c1-16-6-5-8-19(14-16)23(33)29-20-12-10-18(11-13-20)24(34)31-28-15-21-25(35)30-27(37)32(26(21)36)22-9-4-3-7-17(22)2/h3-15,21H,1-2H3,(H,29,33)(H,31,34)(H,30,35,37). The molecule has 1 aliphatic rings. The van der Waals surface area contributed by atoms with E-state index in [2.05, 4.69) is 21.2 Å². The van der Waals surface area contributed by atoms with Gasteiger partial charge < -0.3 is 5.32 Å². The summed E-state index contributed by atoms with van der Waals surface area (Å²) in [6.45, 7) is 3.62. The second-order valence-electron chi connectivity index (χ2n) is 8.35. The number of hydrogen-bond donors (Lipinski definition) is 3. The Morgan fingerprint density at radius 3 is 2.32 bits per heavy atom. The number of carbonyl (C=O) groups excluding carboxylic acids is 5. The number of rotatable bonds is 6. The van der Waals surface area contributed by atoms with Crippen molar-refractivity contribution in [3.8, 4) is 0 Å². The third-order valence-electron chi connectivity index (χ3n) is 5.63. The Labute approximate surface area is 212 Å². The van der Waals surface area contributed by atoms with Gasteiger partial charge in [0.2, 0.25) is 5.91 Å². The van der Waals surface area contributed by atoms with Crippen molar-refractivity contribution >= 4 is 47.2 Å². The molecule has 0 aliphatic carbocycles. The summed E-state index contributed by atoms with van der Waals surface area (Å²) in [5.41, 5.74) is 5.49. The molecule has 3 N–H and O–H groups in total. The second kappa shape index (κ2) is 10.6. The number of urea groups is 1. The van der Waals surface area contributed by atoms with Crippen LogP contribution >= 0.6 is 0 Å². The van der Waals surface area contributed by atoms with Gasteiger partial charge in [0.05, 0.1) is 5.69 Å². The van der Waals surface area contributed by atoms with Crippen molar-refractivity contribution in [1.29, 1.82) is 0 Å². The molecular weight excluding hydrogens is 474 g/mol. The predicted octanol–water partition coefficient (Wildman–Crippen LogP) is 3.17. The summed E-state index contributed by atoms with van der Waals surface area (Å²) in [6, 6.07) is 19.2. The van der Waals surface area contributed by atoms with Crippen molar-refractivity contribution in [3.05, 3.63) is 95.1 Å². The van der Waals surface area contributed by atoms with Crippen LogP contribution in [-0.4, -0.2) is 35.9 Å². The summed E-state index contributed by atoms with van der Waals surface area (Å²) in [7, 11) is 0. The van der Waals surface area contributed by atoms with Crippen molar-refractivity contribution in [1.82, 2.24) is 10.7 Å². The largest absolute Gasteiger partial charge is 0.335 e. The zero-order chi connectivity index (χ0) is 26.5. The number of anilines is 2. The number of para-hydroxylation sites is 1. The minimum absolute atomic E-state index is 0.238. The van der Waals surface area contributed by atoms with E-state index in [1.165, 1.54) is 12.1 Å². The molecule has 0 bridgehead atoms. The quantitative estimate of drug-likeness (QED) is 0.273. The molecule has 0 aromatic heterocycles. The summed E-state index contributed by atoms with van der Waals surface area (Å²) in [5.74, 6) is -3.90. The number of carbonyl (C=O) groups is 5. The monoisotopic (exact) mass is 497 g/mol. The highest BCUT2D eigenvalue weighted by Crippen LogP contribution is 2.23. The van der Waals surface area contributed by atoms with Crippen molar-refractivity contribution < 1.29 is 24.0 Å². The van der Waals surface area contributed by atoms with Crippen LogP contribution in [0.15, 0.2) is 77.9 Å². The number of imide groups is 2. The van der Waals surface area contributed by atoms with Gasteiger partial charge >= 0.3 is 6.03 Å². The zero-order valence-corrected chi connectivity index (χ0v) is 20.0. The number of nitrogens with one attached hydrogen (secondary N) is 3. The van der Waals surface area contributed by atoms with E-state index in [1.54, 1.807) is 61.5 Å². The smallest absolute Gasteiger partial charge is 0.322 e. The first kappa shape index (κ1) is 25.0. The Morgan fingerprint density at radius 1 is 0.892 bits per heavy atom. The number of benzene rings is 3. The minimum Gasteiger partial charge on any atom is -0.322 e. The molecule has 37 heavy (non-hydrogen) atoms. The zero-order valence-electron chi connectivity index (χ0n) is 20.0. The molecule has 10 nitrogen and oxygen atoms in total. The van der Waals surface area contributed by atoms with E-state index in [4.69, 9.17) is 0 Å². The van der Waals surface area contributed by atoms with E-state index in [0.717, 1.165) is 16.7 Å². The summed E-state index contributed by atoms with van der Waals surface area (Å²) in [5, 5.41) is 8.64. The fraction of sp³-hybridized carbons (Fsp3) is 0.111. The van der Waals surface area contributed by atoms with Crippen LogP contribution in [0.5, 0.6) is 0 Å². The lowest BCUT2D eigenvalue weighted by molar-refractivity contribution is -0.131. The van der Waals surface area contributed by atoms with Gasteiger partial charge in [-0.3, -0.25) is 24.5 Å². The van der Waals surface area contributed by atoms with E-state index < -0.39 is 29.7 Å². The SMILES string of the molecule is Cc1cccc(C(=O)Nc2ccc(C(=O)NN=CC3C(=O)NC(=O)N(c4ccccc4C)C3=O)cc2)c1. The molecule has 1 fully saturated rings. The summed E-state index contributed by atoms with van der Waals surface area (Å²) in [4.78, 5) is 63.2. The van der Waals surface area contributed by atoms with Crippen molar-refractivity contribution in [2.45, 2.75) is 13.8 Å². The van der Waals surface area contributed by atoms with E-state index >= 15 is 0 Å². The topological polar surface area (TPSA) is 137 Å². The lowest BCUT2D eigenvalue weighted by Gasteiger charge is -2.29. The highest BCUT2D eigenvalue weighted by atomic mass is 16.2. The van der Waals surface area contributed by atoms with Crippen molar-refractivity contribution in [2.24, 2.45) is 11.0 Å². The molecule has 6 amide bonds. The third-order valence-corrected chi connectivity index (χ3v) is 5.63. The van der Waals surface area contributed by atoms with Crippen LogP contribution < -0.4 is 21.0 Å². The minimum atomic E-state index is -1.41. The lowest BCUT2D eigenvalue weighted by atomic mass is 10.0. The molecule has 10 heteroatoms. The number of nitrogens with zero attached hydrogens (tertiary/aromatic N) is 2. The van der Waals surface area contributed by atoms with Gasteiger partial charge in [0.1, 0.15) is 0 Å². The fourth-order valence-corrected chi connectivity index (χ4v) is 3.69. The number of aryl methyl sites for hydroxylation is 2. The number of amides is 6. The van der Waals surface area contributed by atoms with Crippen LogP contribution in [0.25, 0.3) is 0 Å². The molecule has 0 radical (unpaired) electrons. The normalized spacial score (nSPS) is 15.5. The highest BCUT2D eigenvalue weighted by Gasteiger charge is 2.41. The van der Waals surface area contributed by atoms with Crippen LogP contribution in [0.4, 0.5) is 16.2 Å². The molecule has 1 saturated heterocycles. The molecule has 1 aliphatic heterocycles. The highest BCUT2D eigenvalue weighted by molar-refractivity contribution is 6.32. The van der Waals surface area contributed by atoms with E-state index in [1.807, 2.05) is 13.0 Å². The predicted molar refractivity (Wildman–Crippen MR) is 137 cm³/mol. The maximum Gasteiger partial charge on any atom is 0.335 e. The van der Waals surface area contributed by atoms with Gasteiger partial charge in [-0.2, -0.15) is 5.10 Å². The first-order valence-corrected chi connectivity index (χ1v) is 11.3. The summed E-state index contributed by atoms with van der Waals surface area (Å²) < 4.78 is 0. The van der Waals surface area contributed by atoms with Gasteiger partial charge in [-0.25, -0.2) is 15.1 Å². The van der Waals surface area contributed by atoms with Gasteiger partial charge in [0.25, 0.3) is 17.7 Å². The van der Waals surface area contributed by atoms with E-state index in [0.29, 0.717) is 22.5 Å². The maximum absolute atomic E-state index is 12.9. The molecule has 1 atom stereocenters. The van der Waals surface area contributed by atoms with Gasteiger partial charge in [-0.1, -0.05) is 35.9 Å². The van der Waals surface area contributed by atoms with Gasteiger partial charge in [-0.05, 0) is 61.9 Å². The third kappa shape index (κ3) is 5.59. The molecule has 3 aromatic rings. The molecule has 1 heterocycles. The molecule has 0 spiro atoms. The average molecular weight is 498 g/mol. The van der Waals surface area contributed by atoms with Gasteiger partial charge in [0, 0.05) is 23.0 Å². The van der Waals surface area contributed by atoms with Crippen LogP contribution in [0.2, 0.25) is 0 Å². The number of hydrazone groups is 1. The summed E-state index contributed by atoms with van der Waals surface area (Å²) in [6.07, 6.45) is 0.976. The molecule has 3 aromatic carbocycles. The lowest BCUT2D eigenvalue weighted by Crippen LogP contribution is -2.59. The van der Waals surface area contributed by atoms with Crippen LogP contribution in [0.1, 0.15) is 31.8 Å². The first-order valence-electron chi connectivity index (χ1n) is 11.3.